The van der Waals surface area contributed by atoms with Gasteiger partial charge in [0.1, 0.15) is 12.4 Å². The van der Waals surface area contributed by atoms with Gasteiger partial charge in [-0.05, 0) is 50.3 Å². The molecule has 5 rings (SSSR count). The molecule has 1 aliphatic carbocycles. The van der Waals surface area contributed by atoms with Crippen LogP contribution in [0, 0.1) is 5.92 Å². The van der Waals surface area contributed by atoms with Crippen LogP contribution in [0.1, 0.15) is 68.8 Å². The lowest BCUT2D eigenvalue weighted by Crippen LogP contribution is -2.60. The number of carbonyl (C=O) groups is 2. The predicted molar refractivity (Wildman–Crippen MR) is 147 cm³/mol. The van der Waals surface area contributed by atoms with Crippen LogP contribution in [0.25, 0.3) is 0 Å². The SMILES string of the molecule is C=CC(=O)N(C)C1CN(C(CC2CC2)c2ccc([C@H](C)Nc3ncc4c(n3)N(C(C)C)C(=O)OC4)cc2)C1. The predicted octanol–water partition coefficient (Wildman–Crippen LogP) is 4.68. The third-order valence-electron chi connectivity index (χ3n) is 7.96. The average Bonchev–Trinajstić information content (AvgIpc) is 3.70. The number of nitrogens with zero attached hydrogens (tertiary/aromatic N) is 5. The number of amides is 2. The summed E-state index contributed by atoms with van der Waals surface area (Å²) in [5.41, 5.74) is 3.26. The molecule has 1 N–H and O–H groups in total. The number of cyclic esters (lactones) is 1. The molecule has 1 unspecified atom stereocenters. The van der Waals surface area contributed by atoms with Gasteiger partial charge >= 0.3 is 6.09 Å². The zero-order valence-electron chi connectivity index (χ0n) is 22.8. The van der Waals surface area contributed by atoms with E-state index < -0.39 is 0 Å². The van der Waals surface area contributed by atoms with Gasteiger partial charge < -0.3 is 15.0 Å². The van der Waals surface area contributed by atoms with Crippen LogP contribution in [0.15, 0.2) is 43.1 Å². The maximum absolute atomic E-state index is 12.3. The van der Waals surface area contributed by atoms with Crippen LogP contribution in [0.3, 0.4) is 0 Å². The Labute approximate surface area is 224 Å². The van der Waals surface area contributed by atoms with Gasteiger partial charge in [-0.15, -0.1) is 0 Å². The number of benzene rings is 1. The molecule has 3 aliphatic rings. The summed E-state index contributed by atoms with van der Waals surface area (Å²) < 4.78 is 5.25. The molecule has 2 fully saturated rings. The fourth-order valence-corrected chi connectivity index (χ4v) is 5.29. The molecular weight excluding hydrogens is 480 g/mol. The number of rotatable bonds is 10. The molecule has 2 aliphatic heterocycles. The highest BCUT2D eigenvalue weighted by atomic mass is 16.6. The fraction of sp³-hybridized carbons (Fsp3) is 0.517. The van der Waals surface area contributed by atoms with Crippen LogP contribution in [0.2, 0.25) is 0 Å². The number of nitrogens with one attached hydrogen (secondary N) is 1. The number of carbonyl (C=O) groups excluding carboxylic acids is 2. The van der Waals surface area contributed by atoms with Crippen molar-refractivity contribution in [3.63, 3.8) is 0 Å². The second-order valence-corrected chi connectivity index (χ2v) is 11.0. The van der Waals surface area contributed by atoms with Gasteiger partial charge in [-0.2, -0.15) is 4.98 Å². The highest BCUT2D eigenvalue weighted by molar-refractivity contribution is 5.89. The van der Waals surface area contributed by atoms with E-state index in [0.29, 0.717) is 17.8 Å². The molecular formula is C29H38N6O3. The van der Waals surface area contributed by atoms with Crippen molar-refractivity contribution in [2.45, 2.75) is 70.8 Å². The molecule has 0 bridgehead atoms. The normalized spacial score (nSPS) is 19.3. The van der Waals surface area contributed by atoms with Crippen molar-refractivity contribution < 1.29 is 14.3 Å². The van der Waals surface area contributed by atoms with Crippen molar-refractivity contribution in [2.75, 3.05) is 30.4 Å². The van der Waals surface area contributed by atoms with Crippen molar-refractivity contribution in [1.29, 1.82) is 0 Å². The van der Waals surface area contributed by atoms with E-state index in [2.05, 4.69) is 58.0 Å². The first kappa shape index (κ1) is 26.2. The zero-order valence-corrected chi connectivity index (χ0v) is 22.8. The molecule has 2 atom stereocenters. The van der Waals surface area contributed by atoms with E-state index in [1.807, 2.05) is 20.9 Å². The summed E-state index contributed by atoms with van der Waals surface area (Å²) in [7, 11) is 1.86. The highest BCUT2D eigenvalue weighted by Crippen LogP contribution is 2.42. The maximum Gasteiger partial charge on any atom is 0.416 e. The molecule has 1 saturated carbocycles. The van der Waals surface area contributed by atoms with Crippen molar-refractivity contribution in [3.8, 4) is 0 Å². The first-order chi connectivity index (χ1) is 18.2. The second kappa shape index (κ2) is 10.7. The molecule has 3 heterocycles. The van der Waals surface area contributed by atoms with Crippen molar-refractivity contribution in [3.05, 3.63) is 59.8 Å². The fourth-order valence-electron chi connectivity index (χ4n) is 5.29. The Bertz CT molecular complexity index is 1190. The number of likely N-dealkylation sites (tertiary alicyclic amines) is 1. The first-order valence-electron chi connectivity index (χ1n) is 13.6. The number of aromatic nitrogens is 2. The highest BCUT2D eigenvalue weighted by Gasteiger charge is 2.39. The van der Waals surface area contributed by atoms with Gasteiger partial charge in [0.25, 0.3) is 0 Å². The Morgan fingerprint density at radius 2 is 1.89 bits per heavy atom. The van der Waals surface area contributed by atoms with Crippen LogP contribution in [0.5, 0.6) is 0 Å². The minimum absolute atomic E-state index is 0.0148. The standard InChI is InChI=1S/C29H38N6O3/c1-6-26(36)33(5)24-15-34(16-24)25(13-20-7-8-20)22-11-9-21(10-12-22)19(4)31-28-30-14-23-17-38-29(37)35(18(2)3)27(23)32-28/h6,9-12,14,18-20,24-25H,1,7-8,13,15-17H2,2-5H3,(H,30,31,32)/t19-,25?/m0/s1. The van der Waals surface area contributed by atoms with Crippen molar-refractivity contribution in [1.82, 2.24) is 19.8 Å². The summed E-state index contributed by atoms with van der Waals surface area (Å²) in [6.45, 7) is 11.5. The van der Waals surface area contributed by atoms with Gasteiger partial charge in [-0.25, -0.2) is 9.78 Å². The molecule has 38 heavy (non-hydrogen) atoms. The second-order valence-electron chi connectivity index (χ2n) is 11.0. The lowest BCUT2D eigenvalue weighted by molar-refractivity contribution is -0.130. The molecule has 202 valence electrons. The van der Waals surface area contributed by atoms with Crippen LogP contribution in [0.4, 0.5) is 16.6 Å². The van der Waals surface area contributed by atoms with Crippen molar-refractivity contribution >= 4 is 23.8 Å². The van der Waals surface area contributed by atoms with E-state index in [4.69, 9.17) is 4.74 Å². The zero-order chi connectivity index (χ0) is 27.0. The van der Waals surface area contributed by atoms with Gasteiger partial charge in [-0.1, -0.05) is 43.7 Å². The number of hydrogen-bond donors (Lipinski definition) is 1. The minimum Gasteiger partial charge on any atom is -0.444 e. The third kappa shape index (κ3) is 5.38. The van der Waals surface area contributed by atoms with Crippen molar-refractivity contribution in [2.24, 2.45) is 5.92 Å². The number of likely N-dealkylation sites (N-methyl/N-ethyl adjacent to an activating group) is 1. The van der Waals surface area contributed by atoms with E-state index in [-0.39, 0.29) is 36.7 Å². The van der Waals surface area contributed by atoms with Gasteiger partial charge in [0.05, 0.1) is 17.6 Å². The lowest BCUT2D eigenvalue weighted by Gasteiger charge is -2.48. The minimum atomic E-state index is -0.381. The quantitative estimate of drug-likeness (QED) is 0.457. The smallest absolute Gasteiger partial charge is 0.416 e. The Hall–Kier alpha value is -3.46. The molecule has 1 aromatic carbocycles. The first-order valence-corrected chi connectivity index (χ1v) is 13.6. The average molecular weight is 519 g/mol. The third-order valence-corrected chi connectivity index (χ3v) is 7.96. The molecule has 0 spiro atoms. The number of ether oxygens (including phenoxy) is 1. The largest absolute Gasteiger partial charge is 0.444 e. The number of fused-ring (bicyclic) bond motifs is 1. The summed E-state index contributed by atoms with van der Waals surface area (Å²) in [6.07, 6.45) is 6.53. The van der Waals surface area contributed by atoms with E-state index in [1.165, 1.54) is 24.5 Å². The van der Waals surface area contributed by atoms with E-state index in [9.17, 15) is 9.59 Å². The van der Waals surface area contributed by atoms with Crippen LogP contribution in [-0.4, -0.2) is 64.0 Å². The molecule has 0 radical (unpaired) electrons. The maximum atomic E-state index is 12.3. The molecule has 9 nitrogen and oxygen atoms in total. The van der Waals surface area contributed by atoms with E-state index >= 15 is 0 Å². The Morgan fingerprint density at radius 3 is 2.53 bits per heavy atom. The summed E-state index contributed by atoms with van der Waals surface area (Å²) in [5, 5.41) is 3.40. The number of anilines is 2. The van der Waals surface area contributed by atoms with E-state index in [0.717, 1.165) is 36.6 Å². The lowest BCUT2D eigenvalue weighted by atomic mass is 9.93. The summed E-state index contributed by atoms with van der Waals surface area (Å²) in [4.78, 5) is 39.3. The van der Waals surface area contributed by atoms with Gasteiger partial charge in [0.15, 0.2) is 0 Å². The van der Waals surface area contributed by atoms with E-state index in [1.54, 1.807) is 16.0 Å². The van der Waals surface area contributed by atoms with Gasteiger partial charge in [0.2, 0.25) is 11.9 Å². The van der Waals surface area contributed by atoms with Gasteiger partial charge in [0, 0.05) is 38.4 Å². The summed E-state index contributed by atoms with van der Waals surface area (Å²) in [6, 6.07) is 9.35. The van der Waals surface area contributed by atoms with Gasteiger partial charge in [-0.3, -0.25) is 14.6 Å². The summed E-state index contributed by atoms with van der Waals surface area (Å²) >= 11 is 0. The summed E-state index contributed by atoms with van der Waals surface area (Å²) in [5.74, 6) is 1.87. The Balaban J connectivity index is 1.26. The molecule has 1 saturated heterocycles. The topological polar surface area (TPSA) is 90.9 Å². The van der Waals surface area contributed by atoms with Crippen LogP contribution < -0.4 is 10.2 Å². The molecule has 1 aromatic heterocycles. The monoisotopic (exact) mass is 518 g/mol. The van der Waals surface area contributed by atoms with Crippen LogP contribution >= 0.6 is 0 Å². The Morgan fingerprint density at radius 1 is 1.21 bits per heavy atom. The van der Waals surface area contributed by atoms with Crippen LogP contribution in [-0.2, 0) is 16.1 Å². The molecule has 9 heteroatoms. The Kier molecular flexibility index (Phi) is 7.38. The molecule has 2 amide bonds. The number of hydrogen-bond acceptors (Lipinski definition) is 7. The molecule has 2 aromatic rings.